The number of nitrogens with one attached hydrogen (secondary N) is 1. The van der Waals surface area contributed by atoms with Gasteiger partial charge in [-0.3, -0.25) is 19.2 Å². The first-order chi connectivity index (χ1) is 12.8. The number of aliphatic hydroxyl groups is 1. The van der Waals surface area contributed by atoms with Gasteiger partial charge in [0.1, 0.15) is 4.75 Å². The van der Waals surface area contributed by atoms with Gasteiger partial charge in [0.25, 0.3) is 5.91 Å². The van der Waals surface area contributed by atoms with E-state index in [0.717, 1.165) is 0 Å². The van der Waals surface area contributed by atoms with E-state index >= 15 is 0 Å². The molecule has 2 atom stereocenters. The third kappa shape index (κ3) is 4.28. The van der Waals surface area contributed by atoms with Crippen LogP contribution in [-0.4, -0.2) is 49.3 Å². The molecule has 0 bridgehead atoms. The number of nitrogens with zero attached hydrogens (tertiary/aromatic N) is 1. The van der Waals surface area contributed by atoms with Crippen molar-refractivity contribution < 1.29 is 28.3 Å². The number of hydrogen-bond acceptors (Lipinski definition) is 7. The number of hydrogen-bond donors (Lipinski definition) is 4. The van der Waals surface area contributed by atoms with Crippen molar-refractivity contribution in [2.24, 2.45) is 0 Å². The summed E-state index contributed by atoms with van der Waals surface area (Å²) >= 11 is 0. The van der Waals surface area contributed by atoms with Crippen LogP contribution in [0.3, 0.4) is 0 Å². The highest BCUT2D eigenvalue weighted by molar-refractivity contribution is 8.29. The summed E-state index contributed by atoms with van der Waals surface area (Å²) in [5, 5.41) is 16.4. The smallest absolute Gasteiger partial charge is 0.252 e. The SMILES string of the molecule is CO[C@H]1CC=C(S(O)(O)C(C)(C)C(=O)Nc2cc(C(C)(C)[C@H](C)O)no2)CC1. The van der Waals surface area contributed by atoms with Gasteiger partial charge in [0.15, 0.2) is 0 Å². The van der Waals surface area contributed by atoms with E-state index in [4.69, 9.17) is 9.26 Å². The molecule has 1 aromatic rings. The molecule has 1 amide bonds. The molecule has 0 spiro atoms. The lowest BCUT2D eigenvalue weighted by molar-refractivity contribution is -0.118. The van der Waals surface area contributed by atoms with E-state index in [-0.39, 0.29) is 12.0 Å². The molecule has 4 N–H and O–H groups in total. The molecule has 0 saturated carbocycles. The third-order valence-electron chi connectivity index (χ3n) is 5.73. The summed E-state index contributed by atoms with van der Waals surface area (Å²) in [5.74, 6) is -0.492. The molecule has 8 nitrogen and oxygen atoms in total. The minimum Gasteiger partial charge on any atom is -0.392 e. The van der Waals surface area contributed by atoms with Crippen LogP contribution in [0.4, 0.5) is 5.88 Å². The van der Waals surface area contributed by atoms with Gasteiger partial charge in [-0.2, -0.15) is 10.6 Å². The zero-order valence-electron chi connectivity index (χ0n) is 17.4. The molecule has 2 rings (SSSR count). The van der Waals surface area contributed by atoms with Crippen molar-refractivity contribution in [1.82, 2.24) is 5.16 Å². The Morgan fingerprint density at radius 1 is 1.39 bits per heavy atom. The topological polar surface area (TPSA) is 125 Å². The number of ether oxygens (including phenoxy) is 1. The molecule has 1 heterocycles. The van der Waals surface area contributed by atoms with Gasteiger partial charge in [-0.05, 0) is 40.0 Å². The van der Waals surface area contributed by atoms with Crippen LogP contribution >= 0.6 is 10.6 Å². The van der Waals surface area contributed by atoms with Gasteiger partial charge >= 0.3 is 0 Å². The molecule has 1 aromatic heterocycles. The molecule has 160 valence electrons. The summed E-state index contributed by atoms with van der Waals surface area (Å²) < 4.78 is 30.7. The molecule has 0 unspecified atom stereocenters. The van der Waals surface area contributed by atoms with Crippen molar-refractivity contribution in [3.8, 4) is 0 Å². The van der Waals surface area contributed by atoms with Crippen LogP contribution in [0.2, 0.25) is 0 Å². The number of rotatable bonds is 7. The second-order valence-corrected chi connectivity index (χ2v) is 10.9. The Balaban J connectivity index is 2.17. The van der Waals surface area contributed by atoms with Crippen LogP contribution in [0.25, 0.3) is 0 Å². The predicted octanol–water partition coefficient (Wildman–Crippen LogP) is 3.88. The van der Waals surface area contributed by atoms with Crippen molar-refractivity contribution in [1.29, 1.82) is 0 Å². The van der Waals surface area contributed by atoms with Gasteiger partial charge in [-0.15, -0.1) is 0 Å². The number of anilines is 1. The second-order valence-electron chi connectivity index (χ2n) is 8.29. The molecule has 0 fully saturated rings. The molecule has 9 heteroatoms. The Bertz CT molecular complexity index is 739. The number of carbonyl (C=O) groups excluding carboxylic acids is 1. The summed E-state index contributed by atoms with van der Waals surface area (Å²) in [6.45, 7) is 8.27. The normalized spacial score (nSPS) is 20.5. The van der Waals surface area contributed by atoms with Gasteiger partial charge in [-0.25, -0.2) is 0 Å². The molecular weight excluding hydrogens is 384 g/mol. The minimum absolute atomic E-state index is 0.0563. The Hall–Kier alpha value is -1.39. The number of methoxy groups -OCH3 is 1. The molecule has 0 aliphatic heterocycles. The largest absolute Gasteiger partial charge is 0.392 e. The number of allylic oxidation sites excluding steroid dienone is 1. The Morgan fingerprint density at radius 3 is 2.54 bits per heavy atom. The minimum atomic E-state index is -3.36. The highest BCUT2D eigenvalue weighted by Crippen LogP contribution is 2.61. The van der Waals surface area contributed by atoms with Crippen molar-refractivity contribution in [3.05, 3.63) is 22.7 Å². The van der Waals surface area contributed by atoms with E-state index in [1.54, 1.807) is 20.1 Å². The summed E-state index contributed by atoms with van der Waals surface area (Å²) in [4.78, 5) is 13.3. The first-order valence-corrected chi connectivity index (χ1v) is 10.8. The maximum Gasteiger partial charge on any atom is 0.252 e. The maximum atomic E-state index is 12.8. The highest BCUT2D eigenvalue weighted by Gasteiger charge is 2.44. The van der Waals surface area contributed by atoms with Crippen LogP contribution in [0.1, 0.15) is 59.6 Å². The summed E-state index contributed by atoms with van der Waals surface area (Å²) in [5.41, 5.74) is -0.168. The van der Waals surface area contributed by atoms with Gasteiger partial charge in [-0.1, -0.05) is 25.1 Å². The number of aromatic nitrogens is 1. The van der Waals surface area contributed by atoms with Crippen molar-refractivity contribution in [2.45, 2.75) is 76.3 Å². The zero-order chi connectivity index (χ0) is 21.3. The van der Waals surface area contributed by atoms with Crippen LogP contribution in [0.15, 0.2) is 21.6 Å². The number of carbonyl (C=O) groups is 1. The summed E-state index contributed by atoms with van der Waals surface area (Å²) in [6.07, 6.45) is 2.88. The van der Waals surface area contributed by atoms with E-state index in [1.807, 2.05) is 13.8 Å². The van der Waals surface area contributed by atoms with E-state index < -0.39 is 32.8 Å². The van der Waals surface area contributed by atoms with E-state index in [0.29, 0.717) is 29.9 Å². The first-order valence-electron chi connectivity index (χ1n) is 9.30. The van der Waals surface area contributed by atoms with Crippen LogP contribution < -0.4 is 5.32 Å². The molecule has 1 aliphatic rings. The molecule has 0 radical (unpaired) electrons. The molecule has 0 saturated heterocycles. The first kappa shape index (κ1) is 22.9. The second kappa shape index (κ2) is 8.16. The van der Waals surface area contributed by atoms with Crippen molar-refractivity contribution in [3.63, 3.8) is 0 Å². The lowest BCUT2D eigenvalue weighted by Gasteiger charge is -2.47. The average Bonchev–Trinajstić information content (AvgIpc) is 3.10. The molecular formula is C19H32N2O6S. The Labute approximate surface area is 167 Å². The number of aliphatic hydroxyl groups excluding tert-OH is 1. The van der Waals surface area contributed by atoms with E-state index in [2.05, 4.69) is 10.5 Å². The zero-order valence-corrected chi connectivity index (χ0v) is 18.2. The van der Waals surface area contributed by atoms with E-state index in [9.17, 15) is 19.0 Å². The standard InChI is InChI=1S/C19H32N2O6S/c1-12(22)18(2,3)15-11-16(27-21-15)20-17(23)19(4,5)28(24,25)14-9-7-13(26-6)8-10-14/h9,11-13,22,24-25H,7-8,10H2,1-6H3,(H,20,23)/t12-,13-/m0/s1. The van der Waals surface area contributed by atoms with Crippen molar-refractivity contribution in [2.75, 3.05) is 12.4 Å². The number of amides is 1. The van der Waals surface area contributed by atoms with Gasteiger partial charge in [0, 0.05) is 23.5 Å². The predicted molar refractivity (Wildman–Crippen MR) is 109 cm³/mol. The lowest BCUT2D eigenvalue weighted by Crippen LogP contribution is -2.42. The van der Waals surface area contributed by atoms with Gasteiger partial charge in [0.2, 0.25) is 5.88 Å². The lowest BCUT2D eigenvalue weighted by atomic mass is 9.84. The fourth-order valence-electron chi connectivity index (χ4n) is 2.83. The summed E-state index contributed by atoms with van der Waals surface area (Å²) in [6, 6.07) is 1.54. The highest BCUT2D eigenvalue weighted by atomic mass is 32.3. The van der Waals surface area contributed by atoms with Crippen LogP contribution in [0.5, 0.6) is 0 Å². The average molecular weight is 417 g/mol. The molecule has 28 heavy (non-hydrogen) atoms. The van der Waals surface area contributed by atoms with Crippen molar-refractivity contribution >= 4 is 22.4 Å². The molecule has 1 aliphatic carbocycles. The quantitative estimate of drug-likeness (QED) is 0.531. The van der Waals surface area contributed by atoms with Crippen LogP contribution in [0, 0.1) is 0 Å². The Morgan fingerprint density at radius 2 is 2.04 bits per heavy atom. The fraction of sp³-hybridized carbons (Fsp3) is 0.684. The maximum absolute atomic E-state index is 12.8. The summed E-state index contributed by atoms with van der Waals surface area (Å²) in [7, 11) is -1.73. The Kier molecular flexibility index (Phi) is 6.67. The van der Waals surface area contributed by atoms with Crippen LogP contribution in [-0.2, 0) is 14.9 Å². The van der Waals surface area contributed by atoms with E-state index in [1.165, 1.54) is 19.9 Å². The van der Waals surface area contributed by atoms with Gasteiger partial charge < -0.3 is 14.4 Å². The van der Waals surface area contributed by atoms with Gasteiger partial charge in [0.05, 0.1) is 17.9 Å². The monoisotopic (exact) mass is 416 g/mol. The molecule has 0 aromatic carbocycles. The third-order valence-corrected chi connectivity index (χ3v) is 8.44. The fourth-order valence-corrected chi connectivity index (χ4v) is 4.53.